The van der Waals surface area contributed by atoms with E-state index in [0.717, 1.165) is 58.3 Å². The van der Waals surface area contributed by atoms with Gasteiger partial charge in [0.25, 0.3) is 0 Å². The number of nitrogens with two attached hydrogens (primary N) is 1. The number of carbonyl (C=O) groups is 1. The van der Waals surface area contributed by atoms with Crippen LogP contribution in [-0.4, -0.2) is 55.7 Å². The van der Waals surface area contributed by atoms with E-state index < -0.39 is 0 Å². The molecule has 2 rings (SSSR count). The largest absolute Gasteiger partial charge is 0.378 e. The van der Waals surface area contributed by atoms with Crippen molar-refractivity contribution in [1.29, 1.82) is 0 Å². The molecule has 0 aromatic carbocycles. The fourth-order valence-electron chi connectivity index (χ4n) is 2.61. The highest BCUT2D eigenvalue weighted by molar-refractivity contribution is 5.77. The Morgan fingerprint density at radius 3 is 2.78 bits per heavy atom. The average molecular weight is 255 g/mol. The zero-order valence-corrected chi connectivity index (χ0v) is 11.1. The molecule has 1 unspecified atom stereocenters. The summed E-state index contributed by atoms with van der Waals surface area (Å²) in [5.41, 5.74) is 5.84. The zero-order valence-electron chi connectivity index (χ0n) is 11.1. The van der Waals surface area contributed by atoms with Gasteiger partial charge in [0.15, 0.2) is 0 Å². The van der Waals surface area contributed by atoms with Gasteiger partial charge < -0.3 is 15.8 Å². The summed E-state index contributed by atoms with van der Waals surface area (Å²) in [5, 5.41) is 2.98. The summed E-state index contributed by atoms with van der Waals surface area (Å²) >= 11 is 0. The molecule has 2 aliphatic rings. The number of hydrogen-bond donors (Lipinski definition) is 2. The fraction of sp³-hybridized carbons (Fsp3) is 0.923. The van der Waals surface area contributed by atoms with E-state index >= 15 is 0 Å². The first-order chi connectivity index (χ1) is 8.74. The monoisotopic (exact) mass is 255 g/mol. The molecule has 1 amide bonds. The van der Waals surface area contributed by atoms with Crippen LogP contribution in [0.2, 0.25) is 0 Å². The number of ether oxygens (including phenoxy) is 1. The van der Waals surface area contributed by atoms with E-state index in [9.17, 15) is 4.79 Å². The lowest BCUT2D eigenvalue weighted by atomic mass is 10.1. The highest BCUT2D eigenvalue weighted by Crippen LogP contribution is 2.14. The standard InChI is InChI=1S/C13H25N3O2/c14-11-4-7-16(8-5-11)10-13(17)15-6-3-12-2-1-9-18-12/h11-12H,1-10,14H2,(H,15,17). The number of carbonyl (C=O) groups excluding carboxylic acids is 1. The molecule has 3 N–H and O–H groups in total. The van der Waals surface area contributed by atoms with Crippen molar-refractivity contribution in [3.8, 4) is 0 Å². The number of amides is 1. The van der Waals surface area contributed by atoms with Crippen LogP contribution in [0, 0.1) is 0 Å². The van der Waals surface area contributed by atoms with Crippen molar-refractivity contribution < 1.29 is 9.53 Å². The molecule has 1 atom stereocenters. The average Bonchev–Trinajstić information content (AvgIpc) is 2.85. The molecule has 2 fully saturated rings. The molecule has 18 heavy (non-hydrogen) atoms. The van der Waals surface area contributed by atoms with Crippen LogP contribution in [0.1, 0.15) is 32.1 Å². The quantitative estimate of drug-likeness (QED) is 0.731. The number of hydrogen-bond acceptors (Lipinski definition) is 4. The Hall–Kier alpha value is -0.650. The van der Waals surface area contributed by atoms with Crippen molar-refractivity contribution in [3.63, 3.8) is 0 Å². The van der Waals surface area contributed by atoms with Crippen LogP contribution in [0.5, 0.6) is 0 Å². The Kier molecular flexibility index (Phi) is 5.41. The summed E-state index contributed by atoms with van der Waals surface area (Å²) in [7, 11) is 0. The first kappa shape index (κ1) is 13.8. The molecule has 0 aromatic rings. The maximum atomic E-state index is 11.7. The van der Waals surface area contributed by atoms with Crippen LogP contribution >= 0.6 is 0 Å². The molecule has 5 heteroatoms. The minimum Gasteiger partial charge on any atom is -0.378 e. The van der Waals surface area contributed by atoms with Crippen LogP contribution in [0.25, 0.3) is 0 Å². The lowest BCUT2D eigenvalue weighted by Crippen LogP contribution is -2.44. The molecule has 2 aliphatic heterocycles. The van der Waals surface area contributed by atoms with Gasteiger partial charge in [0.05, 0.1) is 12.6 Å². The SMILES string of the molecule is NC1CCN(CC(=O)NCCC2CCCO2)CC1. The van der Waals surface area contributed by atoms with E-state index in [0.29, 0.717) is 18.7 Å². The van der Waals surface area contributed by atoms with E-state index in [4.69, 9.17) is 10.5 Å². The number of rotatable bonds is 5. The summed E-state index contributed by atoms with van der Waals surface area (Å²) in [6.07, 6.45) is 5.61. The first-order valence-electron chi connectivity index (χ1n) is 7.10. The first-order valence-corrected chi connectivity index (χ1v) is 7.10. The van der Waals surface area contributed by atoms with Gasteiger partial charge in [-0.25, -0.2) is 0 Å². The molecule has 0 saturated carbocycles. The van der Waals surface area contributed by atoms with Gasteiger partial charge in [0.1, 0.15) is 0 Å². The Morgan fingerprint density at radius 1 is 1.33 bits per heavy atom. The Morgan fingerprint density at radius 2 is 2.11 bits per heavy atom. The maximum Gasteiger partial charge on any atom is 0.234 e. The molecule has 0 aliphatic carbocycles. The zero-order chi connectivity index (χ0) is 12.8. The molecule has 0 spiro atoms. The molecule has 5 nitrogen and oxygen atoms in total. The van der Waals surface area contributed by atoms with Crippen LogP contribution in [0.3, 0.4) is 0 Å². The smallest absolute Gasteiger partial charge is 0.234 e. The fourth-order valence-corrected chi connectivity index (χ4v) is 2.61. The van der Waals surface area contributed by atoms with Gasteiger partial charge >= 0.3 is 0 Å². The minimum atomic E-state index is 0.128. The molecule has 0 bridgehead atoms. The summed E-state index contributed by atoms with van der Waals surface area (Å²) in [4.78, 5) is 13.9. The van der Waals surface area contributed by atoms with E-state index in [-0.39, 0.29) is 5.91 Å². The minimum absolute atomic E-state index is 0.128. The van der Waals surface area contributed by atoms with Gasteiger partial charge in [-0.05, 0) is 32.1 Å². The summed E-state index contributed by atoms with van der Waals surface area (Å²) in [6.45, 7) is 4.02. The van der Waals surface area contributed by atoms with Crippen LogP contribution in [0.15, 0.2) is 0 Å². The molecule has 2 saturated heterocycles. The normalized spacial score (nSPS) is 26.4. The number of nitrogens with one attached hydrogen (secondary N) is 1. The van der Waals surface area contributed by atoms with E-state index in [1.54, 1.807) is 0 Å². The van der Waals surface area contributed by atoms with Gasteiger partial charge in [-0.2, -0.15) is 0 Å². The van der Waals surface area contributed by atoms with Crippen molar-refractivity contribution >= 4 is 5.91 Å². The predicted molar refractivity (Wildman–Crippen MR) is 70.3 cm³/mol. The van der Waals surface area contributed by atoms with Gasteiger partial charge in [-0.15, -0.1) is 0 Å². The summed E-state index contributed by atoms with van der Waals surface area (Å²) in [5.74, 6) is 0.128. The highest BCUT2D eigenvalue weighted by atomic mass is 16.5. The van der Waals surface area contributed by atoms with Gasteiger partial charge in [-0.3, -0.25) is 9.69 Å². The third-order valence-corrected chi connectivity index (χ3v) is 3.81. The van der Waals surface area contributed by atoms with Crippen LogP contribution in [0.4, 0.5) is 0 Å². The van der Waals surface area contributed by atoms with E-state index in [1.165, 1.54) is 0 Å². The van der Waals surface area contributed by atoms with Gasteiger partial charge in [0.2, 0.25) is 5.91 Å². The van der Waals surface area contributed by atoms with Gasteiger partial charge in [0, 0.05) is 32.3 Å². The topological polar surface area (TPSA) is 67.6 Å². The molecule has 0 aromatic heterocycles. The molecular weight excluding hydrogens is 230 g/mol. The molecular formula is C13H25N3O2. The Bertz CT molecular complexity index is 259. The van der Waals surface area contributed by atoms with Crippen molar-refractivity contribution in [2.24, 2.45) is 5.73 Å². The van der Waals surface area contributed by atoms with Crippen molar-refractivity contribution in [2.75, 3.05) is 32.8 Å². The van der Waals surface area contributed by atoms with Gasteiger partial charge in [-0.1, -0.05) is 0 Å². The lowest BCUT2D eigenvalue weighted by Gasteiger charge is -2.29. The van der Waals surface area contributed by atoms with Crippen molar-refractivity contribution in [3.05, 3.63) is 0 Å². The second-order valence-electron chi connectivity index (χ2n) is 5.39. The molecule has 104 valence electrons. The molecule has 2 heterocycles. The van der Waals surface area contributed by atoms with Crippen molar-refractivity contribution in [2.45, 2.75) is 44.2 Å². The predicted octanol–water partition coefficient (Wildman–Crippen LogP) is 0.0948. The van der Waals surface area contributed by atoms with Crippen molar-refractivity contribution in [1.82, 2.24) is 10.2 Å². The van der Waals surface area contributed by atoms with E-state index in [2.05, 4.69) is 10.2 Å². The Labute approximate surface area is 109 Å². The number of nitrogens with zero attached hydrogens (tertiary/aromatic N) is 1. The summed E-state index contributed by atoms with van der Waals surface area (Å²) < 4.78 is 5.52. The second-order valence-corrected chi connectivity index (χ2v) is 5.39. The highest BCUT2D eigenvalue weighted by Gasteiger charge is 2.19. The Balaban J connectivity index is 1.54. The molecule has 0 radical (unpaired) electrons. The number of likely N-dealkylation sites (tertiary alicyclic amines) is 1. The number of piperidine rings is 1. The van der Waals surface area contributed by atoms with Crippen LogP contribution in [-0.2, 0) is 9.53 Å². The second kappa shape index (κ2) is 7.07. The third kappa shape index (κ3) is 4.55. The third-order valence-electron chi connectivity index (χ3n) is 3.81. The van der Waals surface area contributed by atoms with E-state index in [1.807, 2.05) is 0 Å². The lowest BCUT2D eigenvalue weighted by molar-refractivity contribution is -0.122. The van der Waals surface area contributed by atoms with Crippen LogP contribution < -0.4 is 11.1 Å². The maximum absolute atomic E-state index is 11.7. The summed E-state index contributed by atoms with van der Waals surface area (Å²) in [6, 6.07) is 0.323.